The molecule has 5 rings (SSSR count). The van der Waals surface area contributed by atoms with Gasteiger partial charge >= 0.3 is 0 Å². The van der Waals surface area contributed by atoms with Crippen molar-refractivity contribution in [2.24, 2.45) is 5.73 Å². The van der Waals surface area contributed by atoms with Gasteiger partial charge in [0.25, 0.3) is 11.8 Å². The van der Waals surface area contributed by atoms with Crippen molar-refractivity contribution in [1.82, 2.24) is 5.32 Å². The second kappa shape index (κ2) is 17.4. The highest BCUT2D eigenvalue weighted by molar-refractivity contribution is 8.00. The Bertz CT molecular complexity index is 2070. The molecule has 0 heterocycles. The summed E-state index contributed by atoms with van der Waals surface area (Å²) in [5.41, 5.74) is 8.19. The normalized spacial score (nSPS) is 11.5. The number of ether oxygens (including phenoxy) is 3. The van der Waals surface area contributed by atoms with Crippen LogP contribution in [0, 0.1) is 0 Å². The minimum Gasteiger partial charge on any atom is -0.496 e. The van der Waals surface area contributed by atoms with Crippen molar-refractivity contribution < 1.29 is 33.4 Å². The number of methoxy groups -OCH3 is 3. The molecule has 0 fully saturated rings. The number of carbonyl (C=O) groups is 4. The van der Waals surface area contributed by atoms with Gasteiger partial charge in [0.2, 0.25) is 11.8 Å². The third-order valence-corrected chi connectivity index (χ3v) is 8.97. The fourth-order valence-corrected chi connectivity index (χ4v) is 6.07. The molecule has 5 aromatic rings. The monoisotopic (exact) mass is 716 g/mol. The third kappa shape index (κ3) is 9.37. The lowest BCUT2D eigenvalue weighted by molar-refractivity contribution is -0.116. The Morgan fingerprint density at radius 1 is 0.654 bits per heavy atom. The van der Waals surface area contributed by atoms with E-state index in [1.54, 1.807) is 91.0 Å². The maximum Gasteiger partial charge on any atom is 0.272 e. The minimum atomic E-state index is -0.628. The number of hydrogen-bond donors (Lipinski definition) is 4. The van der Waals surface area contributed by atoms with E-state index in [1.807, 2.05) is 30.3 Å². The molecule has 12 heteroatoms. The zero-order valence-electron chi connectivity index (χ0n) is 28.5. The Balaban J connectivity index is 1.38. The topological polar surface area (TPSA) is 158 Å². The van der Waals surface area contributed by atoms with Crippen molar-refractivity contribution in [3.8, 4) is 17.2 Å². The smallest absolute Gasteiger partial charge is 0.272 e. The number of rotatable bonds is 14. The van der Waals surface area contributed by atoms with Crippen LogP contribution < -0.4 is 35.9 Å². The van der Waals surface area contributed by atoms with Crippen LogP contribution in [0.15, 0.2) is 132 Å². The van der Waals surface area contributed by atoms with E-state index in [1.165, 1.54) is 39.2 Å². The van der Waals surface area contributed by atoms with Gasteiger partial charge in [-0.15, -0.1) is 11.8 Å². The van der Waals surface area contributed by atoms with Crippen LogP contribution in [0.5, 0.6) is 17.2 Å². The zero-order valence-corrected chi connectivity index (χ0v) is 29.4. The van der Waals surface area contributed by atoms with Gasteiger partial charge < -0.3 is 35.9 Å². The second-order valence-corrected chi connectivity index (χ2v) is 12.3. The number of carbonyl (C=O) groups excluding carboxylic acids is 4. The molecule has 5 N–H and O–H groups in total. The van der Waals surface area contributed by atoms with Gasteiger partial charge in [0.05, 0.1) is 21.3 Å². The molecule has 0 aliphatic heterocycles. The van der Waals surface area contributed by atoms with Crippen LogP contribution in [-0.4, -0.2) is 45.0 Å². The number of anilines is 2. The highest BCUT2D eigenvalue weighted by Gasteiger charge is 2.23. The lowest BCUT2D eigenvalue weighted by Gasteiger charge is -2.18. The molecule has 0 bridgehead atoms. The molecule has 1 atom stereocenters. The highest BCUT2D eigenvalue weighted by Crippen LogP contribution is 2.38. The molecule has 0 aliphatic carbocycles. The average molecular weight is 717 g/mol. The fourth-order valence-electron chi connectivity index (χ4n) is 5.04. The van der Waals surface area contributed by atoms with Gasteiger partial charge in [0, 0.05) is 39.0 Å². The largest absolute Gasteiger partial charge is 0.496 e. The fraction of sp³-hybridized carbons (Fsp3) is 0.100. The van der Waals surface area contributed by atoms with Crippen molar-refractivity contribution in [2.75, 3.05) is 32.0 Å². The number of primary amides is 1. The Morgan fingerprint density at radius 2 is 1.21 bits per heavy atom. The van der Waals surface area contributed by atoms with E-state index in [-0.39, 0.29) is 11.6 Å². The first kappa shape index (κ1) is 36.7. The molecule has 0 saturated heterocycles. The molecule has 0 aromatic heterocycles. The molecule has 11 nitrogen and oxygen atoms in total. The summed E-state index contributed by atoms with van der Waals surface area (Å²) in [6.45, 7) is 0. The van der Waals surface area contributed by atoms with Crippen LogP contribution in [0.1, 0.15) is 37.1 Å². The number of thioether (sulfide) groups is 1. The van der Waals surface area contributed by atoms with Gasteiger partial charge in [-0.2, -0.15) is 0 Å². The number of amides is 4. The summed E-state index contributed by atoms with van der Waals surface area (Å²) < 4.78 is 16.4. The molecule has 0 saturated carbocycles. The molecular formula is C40H36N4O7S. The maximum atomic E-state index is 13.8. The predicted octanol–water partition coefficient (Wildman–Crippen LogP) is 6.69. The molecule has 52 heavy (non-hydrogen) atoms. The summed E-state index contributed by atoms with van der Waals surface area (Å²) in [7, 11) is 4.47. The number of hydrogen-bond acceptors (Lipinski definition) is 8. The third-order valence-electron chi connectivity index (χ3n) is 7.71. The van der Waals surface area contributed by atoms with Crippen LogP contribution in [0.25, 0.3) is 6.08 Å². The molecule has 5 aromatic carbocycles. The van der Waals surface area contributed by atoms with Crippen molar-refractivity contribution in [2.45, 2.75) is 10.1 Å². The van der Waals surface area contributed by atoms with E-state index in [4.69, 9.17) is 19.9 Å². The Morgan fingerprint density at radius 3 is 1.81 bits per heavy atom. The number of benzene rings is 5. The first-order valence-electron chi connectivity index (χ1n) is 15.9. The lowest BCUT2D eigenvalue weighted by Crippen LogP contribution is -2.30. The van der Waals surface area contributed by atoms with Gasteiger partial charge in [-0.05, 0) is 78.4 Å². The van der Waals surface area contributed by atoms with Gasteiger partial charge in [0.15, 0.2) is 11.5 Å². The van der Waals surface area contributed by atoms with Crippen molar-refractivity contribution >= 4 is 52.8 Å². The van der Waals surface area contributed by atoms with E-state index in [0.29, 0.717) is 45.3 Å². The summed E-state index contributed by atoms with van der Waals surface area (Å²) in [6.07, 6.45) is 1.49. The number of nitrogens with one attached hydrogen (secondary N) is 3. The molecule has 0 aliphatic rings. The Kier molecular flexibility index (Phi) is 12.3. The summed E-state index contributed by atoms with van der Waals surface area (Å²) in [6, 6.07) is 34.4. The molecule has 0 radical (unpaired) electrons. The number of nitrogens with two attached hydrogens (primary N) is 1. The van der Waals surface area contributed by atoms with E-state index < -0.39 is 23.0 Å². The zero-order chi connectivity index (χ0) is 37.0. The molecule has 4 amide bonds. The molecule has 1 unspecified atom stereocenters. The first-order valence-corrected chi connectivity index (χ1v) is 16.8. The maximum absolute atomic E-state index is 13.8. The van der Waals surface area contributed by atoms with Crippen molar-refractivity contribution in [1.29, 1.82) is 0 Å². The second-order valence-electron chi connectivity index (χ2n) is 11.1. The minimum absolute atomic E-state index is 0.0532. The summed E-state index contributed by atoms with van der Waals surface area (Å²) >= 11 is 1.33. The van der Waals surface area contributed by atoms with Crippen LogP contribution in [0.3, 0.4) is 0 Å². The van der Waals surface area contributed by atoms with Gasteiger partial charge in [-0.25, -0.2) is 0 Å². The van der Waals surface area contributed by atoms with Gasteiger partial charge in [-0.3, -0.25) is 19.2 Å². The van der Waals surface area contributed by atoms with Crippen LogP contribution in [0.4, 0.5) is 11.4 Å². The van der Waals surface area contributed by atoms with Gasteiger partial charge in [-0.1, -0.05) is 48.5 Å². The molecule has 264 valence electrons. The highest BCUT2D eigenvalue weighted by atomic mass is 32.2. The van der Waals surface area contributed by atoms with E-state index in [9.17, 15) is 19.2 Å². The van der Waals surface area contributed by atoms with E-state index in [0.717, 1.165) is 10.5 Å². The van der Waals surface area contributed by atoms with Crippen LogP contribution >= 0.6 is 11.8 Å². The van der Waals surface area contributed by atoms with Crippen LogP contribution in [0.2, 0.25) is 0 Å². The van der Waals surface area contributed by atoms with Crippen molar-refractivity contribution in [3.05, 3.63) is 149 Å². The predicted molar refractivity (Wildman–Crippen MR) is 202 cm³/mol. The van der Waals surface area contributed by atoms with E-state index >= 15 is 0 Å². The van der Waals surface area contributed by atoms with Crippen LogP contribution in [-0.2, 0) is 9.59 Å². The Labute approximate surface area is 305 Å². The molecule has 0 spiro atoms. The van der Waals surface area contributed by atoms with Gasteiger partial charge in [0.1, 0.15) is 16.7 Å². The molecular weight excluding hydrogens is 681 g/mol. The Hall–Kier alpha value is -6.53. The first-order chi connectivity index (χ1) is 25.2. The average Bonchev–Trinajstić information content (AvgIpc) is 3.17. The standard InChI is InChI=1S/C40H36N4O7S/c1-49-33-24-35(51-3)34(50-2)23-28(33)22-32(44-38(46)27-12-8-5-9-13-27)39(47)42-30-18-20-31(21-19-30)52-36(25-10-6-4-7-11-25)40(48)43-29-16-14-26(15-17-29)37(41)45/h4-24,36H,1-3H3,(H2,41,45)(H,42,47)(H,43,48)(H,44,46)/b32-22-. The SMILES string of the molecule is COc1cc(OC)c(OC)cc1/C=C(\NC(=O)c1ccccc1)C(=O)Nc1ccc(SC(C(=O)Nc2ccc(C(N)=O)cc2)c2ccccc2)cc1. The summed E-state index contributed by atoms with van der Waals surface area (Å²) in [5.74, 6) is -0.682. The van der Waals surface area contributed by atoms with Crippen molar-refractivity contribution in [3.63, 3.8) is 0 Å². The summed E-state index contributed by atoms with van der Waals surface area (Å²) in [4.78, 5) is 52.7. The quantitative estimate of drug-likeness (QED) is 0.0731. The summed E-state index contributed by atoms with van der Waals surface area (Å²) in [5, 5.41) is 7.86. The van der Waals surface area contributed by atoms with E-state index in [2.05, 4.69) is 16.0 Å². The lowest BCUT2D eigenvalue weighted by atomic mass is 10.1.